The number of halogens is 1. The fraction of sp³-hybridized carbons (Fsp3) is 0.381. The Bertz CT molecular complexity index is 773. The number of carbonyl (C=O) groups excluding carboxylic acids is 1. The molecular formula is C21H22ClNO2. The maximum Gasteiger partial charge on any atom is 0.264 e. The molecule has 0 saturated heterocycles. The molecule has 2 aromatic carbocycles. The van der Waals surface area contributed by atoms with Crippen LogP contribution in [0.25, 0.3) is 0 Å². The summed E-state index contributed by atoms with van der Waals surface area (Å²) in [6.07, 6.45) is 2.57. The predicted octanol–water partition coefficient (Wildman–Crippen LogP) is 4.47. The summed E-state index contributed by atoms with van der Waals surface area (Å²) in [6, 6.07) is 16.0. The quantitative estimate of drug-likeness (QED) is 0.791. The maximum atomic E-state index is 13.2. The Balaban J connectivity index is 1.54. The first kappa shape index (κ1) is 16.5. The minimum absolute atomic E-state index is 0.0792. The fourth-order valence-electron chi connectivity index (χ4n) is 3.58. The van der Waals surface area contributed by atoms with E-state index in [9.17, 15) is 4.79 Å². The van der Waals surface area contributed by atoms with E-state index in [2.05, 4.69) is 19.1 Å². The van der Waals surface area contributed by atoms with Crippen LogP contribution in [-0.2, 0) is 17.8 Å². The summed E-state index contributed by atoms with van der Waals surface area (Å²) >= 11 is 6.07. The van der Waals surface area contributed by atoms with Gasteiger partial charge in [0.2, 0.25) is 0 Å². The van der Waals surface area contributed by atoms with Crippen LogP contribution in [0, 0.1) is 5.92 Å². The van der Waals surface area contributed by atoms with Gasteiger partial charge in [0.05, 0.1) is 0 Å². The smallest absolute Gasteiger partial charge is 0.264 e. The fourth-order valence-corrected chi connectivity index (χ4v) is 3.77. The molecule has 1 heterocycles. The molecule has 0 bridgehead atoms. The molecule has 1 aliphatic carbocycles. The van der Waals surface area contributed by atoms with Crippen LogP contribution in [0.3, 0.4) is 0 Å². The molecule has 130 valence electrons. The number of ether oxygens (including phenoxy) is 1. The zero-order valence-corrected chi connectivity index (χ0v) is 15.1. The van der Waals surface area contributed by atoms with Crippen LogP contribution in [0.4, 0.5) is 0 Å². The van der Waals surface area contributed by atoms with Gasteiger partial charge < -0.3 is 9.64 Å². The first-order chi connectivity index (χ1) is 12.1. The minimum Gasteiger partial charge on any atom is -0.480 e. The van der Waals surface area contributed by atoms with Gasteiger partial charge >= 0.3 is 0 Å². The lowest BCUT2D eigenvalue weighted by Gasteiger charge is -2.31. The third-order valence-corrected chi connectivity index (χ3v) is 5.48. The molecule has 1 fully saturated rings. The predicted molar refractivity (Wildman–Crippen MR) is 98.8 cm³/mol. The molecule has 3 nitrogen and oxygen atoms in total. The van der Waals surface area contributed by atoms with Crippen molar-refractivity contribution in [3.8, 4) is 5.75 Å². The molecule has 4 heteroatoms. The number of hydrogen-bond donors (Lipinski definition) is 0. The average molecular weight is 356 g/mol. The van der Waals surface area contributed by atoms with Crippen molar-refractivity contribution >= 4 is 17.5 Å². The van der Waals surface area contributed by atoms with Gasteiger partial charge in [-0.05, 0) is 55.0 Å². The summed E-state index contributed by atoms with van der Waals surface area (Å²) in [5.41, 5.74) is 2.17. The summed E-state index contributed by atoms with van der Waals surface area (Å²) in [4.78, 5) is 15.3. The highest BCUT2D eigenvalue weighted by Gasteiger charge is 2.39. The Hall–Kier alpha value is -2.00. The van der Waals surface area contributed by atoms with E-state index in [0.29, 0.717) is 23.9 Å². The van der Waals surface area contributed by atoms with Gasteiger partial charge in [0.1, 0.15) is 5.75 Å². The van der Waals surface area contributed by atoms with Crippen molar-refractivity contribution in [3.05, 3.63) is 64.7 Å². The van der Waals surface area contributed by atoms with Crippen molar-refractivity contribution in [2.75, 3.05) is 0 Å². The average Bonchev–Trinajstić information content (AvgIpc) is 3.39. The molecule has 0 spiro atoms. The van der Waals surface area contributed by atoms with Gasteiger partial charge in [-0.2, -0.15) is 0 Å². The highest BCUT2D eigenvalue weighted by atomic mass is 35.5. The number of benzene rings is 2. The van der Waals surface area contributed by atoms with Crippen LogP contribution in [-0.4, -0.2) is 23.0 Å². The first-order valence-corrected chi connectivity index (χ1v) is 9.29. The topological polar surface area (TPSA) is 29.5 Å². The van der Waals surface area contributed by atoms with Gasteiger partial charge in [0, 0.05) is 24.0 Å². The summed E-state index contributed by atoms with van der Waals surface area (Å²) in [5, 5.41) is 0.683. The molecule has 0 aromatic heterocycles. The van der Waals surface area contributed by atoms with Crippen LogP contribution in [0.15, 0.2) is 48.5 Å². The standard InChI is InChI=1S/C21H22ClNO2/c1-14(16-7-8-16)23(13-15-5-3-2-4-6-15)21(24)20-12-17-11-18(22)9-10-19(17)25-20/h2-6,9-11,14,16,20H,7-8,12-13H2,1H3. The second-order valence-corrected chi connectivity index (χ2v) is 7.53. The van der Waals surface area contributed by atoms with Crippen molar-refractivity contribution in [3.63, 3.8) is 0 Å². The molecule has 1 aliphatic heterocycles. The third kappa shape index (κ3) is 3.52. The van der Waals surface area contributed by atoms with Crippen LogP contribution < -0.4 is 4.74 Å². The van der Waals surface area contributed by atoms with Gasteiger partial charge in [-0.15, -0.1) is 0 Å². The van der Waals surface area contributed by atoms with E-state index in [1.54, 1.807) is 0 Å². The van der Waals surface area contributed by atoms with E-state index in [1.807, 2.05) is 41.3 Å². The van der Waals surface area contributed by atoms with Crippen molar-refractivity contribution in [1.29, 1.82) is 0 Å². The van der Waals surface area contributed by atoms with Gasteiger partial charge in [0.15, 0.2) is 6.10 Å². The van der Waals surface area contributed by atoms with Crippen LogP contribution in [0.1, 0.15) is 30.9 Å². The molecule has 1 amide bonds. The lowest BCUT2D eigenvalue weighted by atomic mass is 10.1. The number of carbonyl (C=O) groups is 1. The molecular weight excluding hydrogens is 334 g/mol. The highest BCUT2D eigenvalue weighted by molar-refractivity contribution is 6.30. The summed E-state index contributed by atoms with van der Waals surface area (Å²) in [5.74, 6) is 1.47. The molecule has 1 saturated carbocycles. The lowest BCUT2D eigenvalue weighted by Crippen LogP contribution is -2.46. The third-order valence-electron chi connectivity index (χ3n) is 5.25. The number of amides is 1. The lowest BCUT2D eigenvalue weighted by molar-refractivity contribution is -0.141. The molecule has 2 unspecified atom stereocenters. The Morgan fingerprint density at radius 1 is 1.24 bits per heavy atom. The molecule has 2 atom stereocenters. The normalized spacial score (nSPS) is 19.8. The summed E-state index contributed by atoms with van der Waals surface area (Å²) in [6.45, 7) is 2.80. The Morgan fingerprint density at radius 3 is 2.72 bits per heavy atom. The van der Waals surface area contributed by atoms with Gasteiger partial charge in [-0.3, -0.25) is 4.79 Å². The summed E-state index contributed by atoms with van der Waals surface area (Å²) < 4.78 is 5.94. The Kier molecular flexibility index (Phi) is 4.43. The van der Waals surface area contributed by atoms with Crippen LogP contribution in [0.2, 0.25) is 5.02 Å². The largest absolute Gasteiger partial charge is 0.480 e. The molecule has 25 heavy (non-hydrogen) atoms. The van der Waals surface area contributed by atoms with Gasteiger partial charge in [-0.1, -0.05) is 41.9 Å². The second-order valence-electron chi connectivity index (χ2n) is 7.09. The molecule has 2 aromatic rings. The van der Waals surface area contributed by atoms with Crippen molar-refractivity contribution in [2.45, 2.75) is 44.9 Å². The Morgan fingerprint density at radius 2 is 2.00 bits per heavy atom. The van der Waals surface area contributed by atoms with Crippen LogP contribution >= 0.6 is 11.6 Å². The maximum absolute atomic E-state index is 13.2. The number of fused-ring (bicyclic) bond motifs is 1. The second kappa shape index (κ2) is 6.72. The zero-order valence-electron chi connectivity index (χ0n) is 14.3. The molecule has 0 N–H and O–H groups in total. The van der Waals surface area contributed by atoms with E-state index in [1.165, 1.54) is 12.8 Å². The van der Waals surface area contributed by atoms with Gasteiger partial charge in [-0.25, -0.2) is 0 Å². The van der Waals surface area contributed by atoms with Gasteiger partial charge in [0.25, 0.3) is 5.91 Å². The molecule has 4 rings (SSSR count). The minimum atomic E-state index is -0.446. The van der Waals surface area contributed by atoms with Crippen molar-refractivity contribution < 1.29 is 9.53 Å². The van der Waals surface area contributed by atoms with E-state index in [0.717, 1.165) is 16.9 Å². The number of nitrogens with zero attached hydrogens (tertiary/aromatic N) is 1. The first-order valence-electron chi connectivity index (χ1n) is 8.91. The van der Waals surface area contributed by atoms with E-state index in [-0.39, 0.29) is 11.9 Å². The SMILES string of the molecule is CC(C1CC1)N(Cc1ccccc1)C(=O)C1Cc2cc(Cl)ccc2O1. The molecule has 0 radical (unpaired) electrons. The van der Waals surface area contributed by atoms with E-state index < -0.39 is 6.10 Å². The zero-order chi connectivity index (χ0) is 17.4. The van der Waals surface area contributed by atoms with Crippen LogP contribution in [0.5, 0.6) is 5.75 Å². The van der Waals surface area contributed by atoms with Crippen molar-refractivity contribution in [2.24, 2.45) is 5.92 Å². The number of rotatable bonds is 5. The molecule has 2 aliphatic rings. The van der Waals surface area contributed by atoms with Crippen molar-refractivity contribution in [1.82, 2.24) is 4.90 Å². The highest BCUT2D eigenvalue weighted by Crippen LogP contribution is 2.37. The Labute approximate surface area is 153 Å². The summed E-state index contributed by atoms with van der Waals surface area (Å²) in [7, 11) is 0. The van der Waals surface area contributed by atoms with E-state index >= 15 is 0 Å². The number of hydrogen-bond acceptors (Lipinski definition) is 2. The van der Waals surface area contributed by atoms with E-state index in [4.69, 9.17) is 16.3 Å². The monoisotopic (exact) mass is 355 g/mol.